The Bertz CT molecular complexity index is 374. The van der Waals surface area contributed by atoms with Gasteiger partial charge in [-0.2, -0.15) is 0 Å². The fraction of sp³-hybridized carbons (Fsp3) is 0. The third-order valence-electron chi connectivity index (χ3n) is 1.31. The van der Waals surface area contributed by atoms with E-state index in [-0.39, 0.29) is 25.7 Å². The first-order valence-corrected chi connectivity index (χ1v) is 4.87. The number of rotatable bonds is 1. The summed E-state index contributed by atoms with van der Waals surface area (Å²) in [4.78, 5) is 10.8. The van der Waals surface area contributed by atoms with Gasteiger partial charge in [-0.3, -0.25) is 4.79 Å². The smallest absolute Gasteiger partial charge is 0.254 e. The summed E-state index contributed by atoms with van der Waals surface area (Å²) in [7, 11) is 0. The summed E-state index contributed by atoms with van der Waals surface area (Å²) in [6.07, 6.45) is 0. The third kappa shape index (κ3) is 2.23. The predicted molar refractivity (Wildman–Crippen MR) is 56.7 cm³/mol. The van der Waals surface area contributed by atoms with Crippen LogP contribution in [0.2, 0.25) is 20.1 Å². The molecule has 0 heterocycles. The van der Waals surface area contributed by atoms with Crippen LogP contribution in [0.1, 0.15) is 10.4 Å². The molecule has 1 aromatic rings. The highest BCUT2D eigenvalue weighted by Crippen LogP contribution is 2.38. The van der Waals surface area contributed by atoms with E-state index < -0.39 is 5.24 Å². The maximum absolute atomic E-state index is 10.8. The second-order valence-electron chi connectivity index (χ2n) is 2.12. The van der Waals surface area contributed by atoms with Gasteiger partial charge >= 0.3 is 0 Å². The van der Waals surface area contributed by atoms with Crippen LogP contribution in [0.3, 0.4) is 0 Å². The fourth-order valence-corrected chi connectivity index (χ4v) is 1.80. The highest BCUT2D eigenvalue weighted by Gasteiger charge is 2.16. The molecular weight excluding hydrogens is 277 g/mol. The van der Waals surface area contributed by atoms with Crippen molar-refractivity contribution in [3.05, 3.63) is 31.7 Å². The number of halogens is 5. The van der Waals surface area contributed by atoms with Gasteiger partial charge in [0, 0.05) is 0 Å². The van der Waals surface area contributed by atoms with Crippen LogP contribution < -0.4 is 0 Å². The molecule has 0 spiro atoms. The van der Waals surface area contributed by atoms with Gasteiger partial charge in [0.2, 0.25) is 0 Å². The summed E-state index contributed by atoms with van der Waals surface area (Å²) in [5.74, 6) is 0. The largest absolute Gasteiger partial charge is 0.276 e. The van der Waals surface area contributed by atoms with Crippen LogP contribution in [0, 0.1) is 0 Å². The number of hydrogen-bond donors (Lipinski definition) is 0. The van der Waals surface area contributed by atoms with Crippen LogP contribution in [-0.4, -0.2) is 5.24 Å². The fourth-order valence-electron chi connectivity index (χ4n) is 0.716. The zero-order valence-corrected chi connectivity index (χ0v) is 9.66. The van der Waals surface area contributed by atoms with E-state index in [1.807, 2.05) is 0 Å². The molecule has 6 heteroatoms. The zero-order valence-electron chi connectivity index (χ0n) is 5.88. The third-order valence-corrected chi connectivity index (χ3v) is 3.27. The van der Waals surface area contributed by atoms with Crippen molar-refractivity contribution in [3.8, 4) is 0 Å². The molecule has 0 saturated heterocycles. The van der Waals surface area contributed by atoms with Gasteiger partial charge < -0.3 is 0 Å². The topological polar surface area (TPSA) is 17.1 Å². The molecule has 0 aliphatic heterocycles. The van der Waals surface area contributed by atoms with E-state index in [1.54, 1.807) is 0 Å². The Hall–Kier alpha value is 0.340. The molecular formula is C7HCl5O. The minimum Gasteiger partial charge on any atom is -0.276 e. The first-order chi connectivity index (χ1) is 5.95. The van der Waals surface area contributed by atoms with E-state index in [9.17, 15) is 4.79 Å². The van der Waals surface area contributed by atoms with E-state index in [0.717, 1.165) is 0 Å². The first kappa shape index (κ1) is 11.4. The van der Waals surface area contributed by atoms with Crippen LogP contribution in [0.25, 0.3) is 0 Å². The van der Waals surface area contributed by atoms with Crippen LogP contribution >= 0.6 is 58.0 Å². The molecule has 1 nitrogen and oxygen atoms in total. The molecule has 13 heavy (non-hydrogen) atoms. The van der Waals surface area contributed by atoms with E-state index >= 15 is 0 Å². The van der Waals surface area contributed by atoms with Crippen molar-refractivity contribution in [1.82, 2.24) is 0 Å². The molecule has 0 amide bonds. The molecule has 70 valence electrons. The van der Waals surface area contributed by atoms with Crippen LogP contribution in [-0.2, 0) is 0 Å². The van der Waals surface area contributed by atoms with Crippen molar-refractivity contribution in [3.63, 3.8) is 0 Å². The molecule has 0 bridgehead atoms. The maximum atomic E-state index is 10.8. The average Bonchev–Trinajstić information content (AvgIpc) is 2.07. The summed E-state index contributed by atoms with van der Waals surface area (Å²) >= 11 is 27.9. The van der Waals surface area contributed by atoms with Gasteiger partial charge in [-0.15, -0.1) is 0 Å². The highest BCUT2D eigenvalue weighted by molar-refractivity contribution is 6.69. The van der Waals surface area contributed by atoms with Crippen LogP contribution in [0.5, 0.6) is 0 Å². The molecule has 0 aliphatic rings. The highest BCUT2D eigenvalue weighted by atomic mass is 35.5. The summed E-state index contributed by atoms with van der Waals surface area (Å²) in [6.45, 7) is 0. The second kappa shape index (κ2) is 4.24. The monoisotopic (exact) mass is 276 g/mol. The first-order valence-electron chi connectivity index (χ1n) is 2.98. The summed E-state index contributed by atoms with van der Waals surface area (Å²) < 4.78 is 0. The SMILES string of the molecule is O=C(Cl)c1cc(Cl)c(Cl)c(Cl)c1Cl. The van der Waals surface area contributed by atoms with Gasteiger partial charge in [0.05, 0.1) is 25.7 Å². The van der Waals surface area contributed by atoms with E-state index in [0.29, 0.717) is 0 Å². The quantitative estimate of drug-likeness (QED) is 0.414. The van der Waals surface area contributed by atoms with Crippen molar-refractivity contribution in [2.45, 2.75) is 0 Å². The Labute approximate surface area is 99.5 Å². The number of hydrogen-bond acceptors (Lipinski definition) is 1. The van der Waals surface area contributed by atoms with Gasteiger partial charge in [0.1, 0.15) is 0 Å². The number of benzene rings is 1. The molecule has 0 unspecified atom stereocenters. The minimum absolute atomic E-state index is 0.0102. The molecule has 0 saturated carbocycles. The van der Waals surface area contributed by atoms with Gasteiger partial charge in [-0.25, -0.2) is 0 Å². The lowest BCUT2D eigenvalue weighted by Crippen LogP contribution is -1.91. The van der Waals surface area contributed by atoms with Crippen molar-refractivity contribution >= 4 is 63.2 Å². The summed E-state index contributed by atoms with van der Waals surface area (Å²) in [5.41, 5.74) is 0.0442. The number of carbonyl (C=O) groups excluding carboxylic acids is 1. The van der Waals surface area contributed by atoms with Crippen molar-refractivity contribution in [2.75, 3.05) is 0 Å². The number of carbonyl (C=O) groups is 1. The zero-order chi connectivity index (χ0) is 10.2. The van der Waals surface area contributed by atoms with Crippen LogP contribution in [0.15, 0.2) is 6.07 Å². The molecule has 0 aromatic heterocycles. The van der Waals surface area contributed by atoms with Gasteiger partial charge in [-0.1, -0.05) is 46.4 Å². The Morgan fingerprint density at radius 3 is 2.00 bits per heavy atom. The Kier molecular flexibility index (Phi) is 3.73. The van der Waals surface area contributed by atoms with Crippen molar-refractivity contribution in [2.24, 2.45) is 0 Å². The molecule has 0 radical (unpaired) electrons. The molecule has 0 N–H and O–H groups in total. The lowest BCUT2D eigenvalue weighted by Gasteiger charge is -2.04. The van der Waals surface area contributed by atoms with E-state index in [1.165, 1.54) is 6.07 Å². The Balaban J connectivity index is 3.50. The predicted octanol–water partition coefficient (Wildman–Crippen LogP) is 4.68. The lowest BCUT2D eigenvalue weighted by molar-refractivity contribution is 0.108. The summed E-state index contributed by atoms with van der Waals surface area (Å²) in [5, 5.41) is -0.448. The van der Waals surface area contributed by atoms with E-state index in [2.05, 4.69) is 0 Å². The summed E-state index contributed by atoms with van der Waals surface area (Å²) in [6, 6.07) is 1.27. The Morgan fingerprint density at radius 1 is 1.00 bits per heavy atom. The minimum atomic E-state index is -0.731. The van der Waals surface area contributed by atoms with Crippen molar-refractivity contribution in [1.29, 1.82) is 0 Å². The standard InChI is InChI=1S/C7HCl5O/c8-3-1-2(7(12)13)4(9)6(11)5(3)10/h1H. The normalized spacial score (nSPS) is 10.2. The Morgan fingerprint density at radius 2 is 1.54 bits per heavy atom. The van der Waals surface area contributed by atoms with Gasteiger partial charge in [0.25, 0.3) is 5.24 Å². The molecule has 0 aliphatic carbocycles. The van der Waals surface area contributed by atoms with Gasteiger partial charge in [-0.05, 0) is 17.7 Å². The molecule has 0 atom stereocenters. The van der Waals surface area contributed by atoms with Gasteiger partial charge in [0.15, 0.2) is 0 Å². The molecule has 1 rings (SSSR count). The average molecular weight is 278 g/mol. The molecule has 1 aromatic carbocycles. The second-order valence-corrected chi connectivity index (χ2v) is 4.01. The van der Waals surface area contributed by atoms with Crippen molar-refractivity contribution < 1.29 is 4.79 Å². The van der Waals surface area contributed by atoms with Crippen LogP contribution in [0.4, 0.5) is 0 Å². The van der Waals surface area contributed by atoms with E-state index in [4.69, 9.17) is 58.0 Å². The molecule has 0 fully saturated rings. The lowest BCUT2D eigenvalue weighted by atomic mass is 10.2. The maximum Gasteiger partial charge on any atom is 0.254 e.